The van der Waals surface area contributed by atoms with Gasteiger partial charge >= 0.3 is 0 Å². The molecule has 0 spiro atoms. The standard InChI is InChI=1S/C15H28N2O/c1-2-4-15-14(3-1)17(11-12-18-15)10-7-13-5-8-16-9-6-13/h13-16H,1-12H2. The molecule has 1 aliphatic carbocycles. The number of rotatable bonds is 3. The van der Waals surface area contributed by atoms with Crippen molar-refractivity contribution < 1.29 is 4.74 Å². The van der Waals surface area contributed by atoms with Gasteiger partial charge in [-0.2, -0.15) is 0 Å². The topological polar surface area (TPSA) is 24.5 Å². The van der Waals surface area contributed by atoms with Gasteiger partial charge in [-0.3, -0.25) is 4.90 Å². The molecule has 3 heteroatoms. The maximum atomic E-state index is 5.95. The van der Waals surface area contributed by atoms with E-state index in [9.17, 15) is 0 Å². The summed E-state index contributed by atoms with van der Waals surface area (Å²) < 4.78 is 5.95. The van der Waals surface area contributed by atoms with Gasteiger partial charge in [-0.25, -0.2) is 0 Å². The monoisotopic (exact) mass is 252 g/mol. The molecule has 0 bridgehead atoms. The SMILES string of the molecule is C1CCC2C(C1)OCCN2CCC1CCNCC1. The highest BCUT2D eigenvalue weighted by Crippen LogP contribution is 2.29. The smallest absolute Gasteiger partial charge is 0.0730 e. The minimum absolute atomic E-state index is 0.556. The predicted octanol–water partition coefficient (Wildman–Crippen LogP) is 2.02. The van der Waals surface area contributed by atoms with Crippen molar-refractivity contribution in [1.82, 2.24) is 10.2 Å². The first-order valence-corrected chi connectivity index (χ1v) is 8.00. The van der Waals surface area contributed by atoms with E-state index in [0.717, 1.165) is 18.6 Å². The zero-order valence-corrected chi connectivity index (χ0v) is 11.6. The van der Waals surface area contributed by atoms with Crippen LogP contribution in [-0.2, 0) is 4.74 Å². The molecule has 104 valence electrons. The minimum Gasteiger partial charge on any atom is -0.375 e. The van der Waals surface area contributed by atoms with Crippen LogP contribution in [0.25, 0.3) is 0 Å². The average Bonchev–Trinajstić information content (AvgIpc) is 2.46. The lowest BCUT2D eigenvalue weighted by molar-refractivity contribution is -0.0893. The van der Waals surface area contributed by atoms with Crippen molar-refractivity contribution in [2.75, 3.05) is 32.8 Å². The lowest BCUT2D eigenvalue weighted by Crippen LogP contribution is -2.53. The molecule has 0 aromatic heterocycles. The van der Waals surface area contributed by atoms with E-state index in [2.05, 4.69) is 10.2 Å². The second-order valence-electron chi connectivity index (χ2n) is 6.28. The molecule has 3 aliphatic rings. The number of nitrogens with one attached hydrogen (secondary N) is 1. The lowest BCUT2D eigenvalue weighted by Gasteiger charge is -2.44. The summed E-state index contributed by atoms with van der Waals surface area (Å²) in [5, 5.41) is 3.46. The van der Waals surface area contributed by atoms with Crippen LogP contribution in [0.4, 0.5) is 0 Å². The number of fused-ring (bicyclic) bond motifs is 1. The minimum atomic E-state index is 0.556. The third-order valence-electron chi connectivity index (χ3n) is 5.13. The van der Waals surface area contributed by atoms with Crippen LogP contribution in [0.5, 0.6) is 0 Å². The van der Waals surface area contributed by atoms with Crippen LogP contribution >= 0.6 is 0 Å². The Morgan fingerprint density at radius 2 is 1.89 bits per heavy atom. The number of ether oxygens (including phenoxy) is 1. The van der Waals surface area contributed by atoms with Gasteiger partial charge < -0.3 is 10.1 Å². The summed E-state index contributed by atoms with van der Waals surface area (Å²) in [5.41, 5.74) is 0. The van der Waals surface area contributed by atoms with E-state index < -0.39 is 0 Å². The summed E-state index contributed by atoms with van der Waals surface area (Å²) in [4.78, 5) is 2.75. The van der Waals surface area contributed by atoms with Gasteiger partial charge in [0.05, 0.1) is 12.7 Å². The number of morpholine rings is 1. The van der Waals surface area contributed by atoms with E-state index in [1.807, 2.05) is 0 Å². The molecule has 0 aromatic carbocycles. The molecule has 3 fully saturated rings. The van der Waals surface area contributed by atoms with Gasteiger partial charge in [-0.1, -0.05) is 12.8 Å². The summed E-state index contributed by atoms with van der Waals surface area (Å²) in [6.07, 6.45) is 10.2. The molecule has 18 heavy (non-hydrogen) atoms. The lowest BCUT2D eigenvalue weighted by atomic mass is 9.89. The van der Waals surface area contributed by atoms with Crippen LogP contribution in [0.3, 0.4) is 0 Å². The summed E-state index contributed by atoms with van der Waals surface area (Å²) in [7, 11) is 0. The largest absolute Gasteiger partial charge is 0.375 e. The molecular formula is C15H28N2O. The fourth-order valence-electron chi connectivity index (χ4n) is 3.97. The molecule has 2 saturated heterocycles. The molecule has 2 atom stereocenters. The van der Waals surface area contributed by atoms with Crippen LogP contribution in [0.2, 0.25) is 0 Å². The summed E-state index contributed by atoms with van der Waals surface area (Å²) in [5.74, 6) is 0.969. The van der Waals surface area contributed by atoms with E-state index in [1.165, 1.54) is 71.1 Å². The van der Waals surface area contributed by atoms with E-state index in [0.29, 0.717) is 6.10 Å². The van der Waals surface area contributed by atoms with Gasteiger partial charge in [0.15, 0.2) is 0 Å². The maximum Gasteiger partial charge on any atom is 0.0730 e. The Labute approximate surface area is 111 Å². The number of hydrogen-bond donors (Lipinski definition) is 1. The third kappa shape index (κ3) is 3.06. The summed E-state index contributed by atoms with van der Waals surface area (Å²) in [6, 6.07) is 0.745. The molecular weight excluding hydrogens is 224 g/mol. The second-order valence-corrected chi connectivity index (χ2v) is 6.28. The normalized spacial score (nSPS) is 35.3. The number of nitrogens with zero attached hydrogens (tertiary/aromatic N) is 1. The Morgan fingerprint density at radius 1 is 1.06 bits per heavy atom. The molecule has 3 rings (SSSR count). The molecule has 1 saturated carbocycles. The zero-order valence-electron chi connectivity index (χ0n) is 11.6. The Morgan fingerprint density at radius 3 is 2.78 bits per heavy atom. The van der Waals surface area contributed by atoms with Crippen LogP contribution in [0.15, 0.2) is 0 Å². The second kappa shape index (κ2) is 6.36. The molecule has 3 nitrogen and oxygen atoms in total. The molecule has 0 radical (unpaired) electrons. The van der Waals surface area contributed by atoms with Gasteiger partial charge in [-0.05, 0) is 57.7 Å². The third-order valence-corrected chi connectivity index (χ3v) is 5.13. The van der Waals surface area contributed by atoms with Crippen molar-refractivity contribution in [3.63, 3.8) is 0 Å². The van der Waals surface area contributed by atoms with E-state index >= 15 is 0 Å². The van der Waals surface area contributed by atoms with Crippen molar-refractivity contribution in [2.24, 2.45) is 5.92 Å². The van der Waals surface area contributed by atoms with Gasteiger partial charge in [0, 0.05) is 12.6 Å². The average molecular weight is 252 g/mol. The van der Waals surface area contributed by atoms with Crippen LogP contribution in [0.1, 0.15) is 44.9 Å². The summed E-state index contributed by atoms with van der Waals surface area (Å²) in [6.45, 7) is 5.92. The molecule has 1 N–H and O–H groups in total. The first kappa shape index (κ1) is 12.9. The van der Waals surface area contributed by atoms with Crippen LogP contribution in [-0.4, -0.2) is 49.8 Å². The highest BCUT2D eigenvalue weighted by Gasteiger charge is 2.34. The first-order valence-electron chi connectivity index (χ1n) is 8.00. The predicted molar refractivity (Wildman–Crippen MR) is 73.8 cm³/mol. The Bertz CT molecular complexity index is 251. The van der Waals surface area contributed by atoms with Crippen molar-refractivity contribution in [3.8, 4) is 0 Å². The van der Waals surface area contributed by atoms with Crippen molar-refractivity contribution in [2.45, 2.75) is 57.1 Å². The molecule has 0 amide bonds. The molecule has 0 aromatic rings. The highest BCUT2D eigenvalue weighted by molar-refractivity contribution is 4.87. The molecule has 2 unspecified atom stereocenters. The van der Waals surface area contributed by atoms with E-state index in [-0.39, 0.29) is 0 Å². The van der Waals surface area contributed by atoms with E-state index in [4.69, 9.17) is 4.74 Å². The van der Waals surface area contributed by atoms with Crippen molar-refractivity contribution >= 4 is 0 Å². The fourth-order valence-corrected chi connectivity index (χ4v) is 3.97. The van der Waals surface area contributed by atoms with Gasteiger partial charge in [0.2, 0.25) is 0 Å². The van der Waals surface area contributed by atoms with Crippen molar-refractivity contribution in [1.29, 1.82) is 0 Å². The first-order chi connectivity index (χ1) is 8.93. The van der Waals surface area contributed by atoms with Crippen LogP contribution < -0.4 is 5.32 Å². The molecule has 2 aliphatic heterocycles. The number of piperidine rings is 1. The Hall–Kier alpha value is -0.120. The number of hydrogen-bond acceptors (Lipinski definition) is 3. The van der Waals surface area contributed by atoms with E-state index in [1.54, 1.807) is 0 Å². The van der Waals surface area contributed by atoms with Gasteiger partial charge in [-0.15, -0.1) is 0 Å². The Kier molecular flexibility index (Phi) is 4.55. The quantitative estimate of drug-likeness (QED) is 0.831. The van der Waals surface area contributed by atoms with Crippen molar-refractivity contribution in [3.05, 3.63) is 0 Å². The Balaban J connectivity index is 1.48. The zero-order chi connectivity index (χ0) is 12.2. The highest BCUT2D eigenvalue weighted by atomic mass is 16.5. The maximum absolute atomic E-state index is 5.95. The molecule has 2 heterocycles. The fraction of sp³-hybridized carbons (Fsp3) is 1.00. The van der Waals surface area contributed by atoms with Gasteiger partial charge in [0.25, 0.3) is 0 Å². The van der Waals surface area contributed by atoms with Gasteiger partial charge in [0.1, 0.15) is 0 Å². The summed E-state index contributed by atoms with van der Waals surface area (Å²) >= 11 is 0. The van der Waals surface area contributed by atoms with Crippen LogP contribution in [0, 0.1) is 5.92 Å².